The molecule has 3 amide bonds. The van der Waals surface area contributed by atoms with E-state index >= 15 is 0 Å². The molecular formula is C16H15FN2O5. The SMILES string of the molecule is O=C(COC(=O)Cc1ccccc1F)NC(=O)NCc1ccco1. The van der Waals surface area contributed by atoms with Crippen molar-refractivity contribution in [3.63, 3.8) is 0 Å². The number of furan rings is 1. The van der Waals surface area contributed by atoms with Gasteiger partial charge in [-0.15, -0.1) is 0 Å². The zero-order valence-corrected chi connectivity index (χ0v) is 12.6. The number of urea groups is 1. The second-order valence-electron chi connectivity index (χ2n) is 4.74. The molecule has 1 aromatic heterocycles. The molecule has 0 aliphatic rings. The number of rotatable bonds is 6. The van der Waals surface area contributed by atoms with Crippen LogP contribution in [0.15, 0.2) is 47.1 Å². The molecule has 1 aromatic carbocycles. The molecule has 8 heteroatoms. The highest BCUT2D eigenvalue weighted by atomic mass is 19.1. The molecule has 1 heterocycles. The number of halogens is 1. The molecule has 2 rings (SSSR count). The fourth-order valence-electron chi connectivity index (χ4n) is 1.78. The second kappa shape index (κ2) is 8.47. The average molecular weight is 334 g/mol. The van der Waals surface area contributed by atoms with Crippen LogP contribution in [0.5, 0.6) is 0 Å². The molecule has 0 fully saturated rings. The fourth-order valence-corrected chi connectivity index (χ4v) is 1.78. The van der Waals surface area contributed by atoms with Gasteiger partial charge in [-0.2, -0.15) is 0 Å². The van der Waals surface area contributed by atoms with E-state index < -0.39 is 30.3 Å². The van der Waals surface area contributed by atoms with Gasteiger partial charge in [0.25, 0.3) is 5.91 Å². The number of hydrogen-bond donors (Lipinski definition) is 2. The first-order chi connectivity index (χ1) is 11.5. The summed E-state index contributed by atoms with van der Waals surface area (Å²) >= 11 is 0. The summed E-state index contributed by atoms with van der Waals surface area (Å²) in [6.45, 7) is -0.527. The van der Waals surface area contributed by atoms with Gasteiger partial charge in [0.05, 0.1) is 19.2 Å². The molecule has 0 bridgehead atoms. The maximum absolute atomic E-state index is 13.4. The predicted octanol–water partition coefficient (Wildman–Crippen LogP) is 1.53. The van der Waals surface area contributed by atoms with Crippen LogP contribution in [0.4, 0.5) is 9.18 Å². The minimum atomic E-state index is -0.797. The predicted molar refractivity (Wildman–Crippen MR) is 80.1 cm³/mol. The lowest BCUT2D eigenvalue weighted by Crippen LogP contribution is -2.41. The van der Waals surface area contributed by atoms with Crippen LogP contribution in [0.3, 0.4) is 0 Å². The summed E-state index contributed by atoms with van der Waals surface area (Å²) in [5.41, 5.74) is 0.166. The number of amides is 3. The second-order valence-corrected chi connectivity index (χ2v) is 4.74. The molecule has 24 heavy (non-hydrogen) atoms. The molecule has 0 saturated heterocycles. The first-order valence-corrected chi connectivity index (χ1v) is 7.03. The molecule has 2 aromatic rings. The van der Waals surface area contributed by atoms with Gasteiger partial charge in [-0.25, -0.2) is 9.18 Å². The van der Waals surface area contributed by atoms with Crippen molar-refractivity contribution in [2.24, 2.45) is 0 Å². The van der Waals surface area contributed by atoms with E-state index in [1.807, 2.05) is 5.32 Å². The van der Waals surface area contributed by atoms with Gasteiger partial charge >= 0.3 is 12.0 Å². The number of ether oxygens (including phenoxy) is 1. The fraction of sp³-hybridized carbons (Fsp3) is 0.188. The lowest BCUT2D eigenvalue weighted by atomic mass is 10.1. The van der Waals surface area contributed by atoms with Crippen molar-refractivity contribution >= 4 is 17.9 Å². The number of benzene rings is 1. The Morgan fingerprint density at radius 1 is 1.12 bits per heavy atom. The Bertz CT molecular complexity index is 715. The van der Waals surface area contributed by atoms with Crippen LogP contribution in [0.2, 0.25) is 0 Å². The minimum Gasteiger partial charge on any atom is -0.467 e. The van der Waals surface area contributed by atoms with Gasteiger partial charge < -0.3 is 14.5 Å². The van der Waals surface area contributed by atoms with Gasteiger partial charge in [0.15, 0.2) is 6.61 Å². The first-order valence-electron chi connectivity index (χ1n) is 7.03. The van der Waals surface area contributed by atoms with Crippen LogP contribution in [-0.2, 0) is 27.3 Å². The molecule has 0 aliphatic heterocycles. The molecule has 0 unspecified atom stereocenters. The van der Waals surface area contributed by atoms with Gasteiger partial charge in [0, 0.05) is 0 Å². The zero-order chi connectivity index (χ0) is 17.4. The lowest BCUT2D eigenvalue weighted by Gasteiger charge is -2.07. The van der Waals surface area contributed by atoms with E-state index in [0.29, 0.717) is 5.76 Å². The largest absolute Gasteiger partial charge is 0.467 e. The highest BCUT2D eigenvalue weighted by Crippen LogP contribution is 2.07. The molecule has 0 radical (unpaired) electrons. The number of nitrogens with one attached hydrogen (secondary N) is 2. The quantitative estimate of drug-likeness (QED) is 0.781. The van der Waals surface area contributed by atoms with E-state index in [4.69, 9.17) is 9.15 Å². The molecule has 7 nitrogen and oxygen atoms in total. The van der Waals surface area contributed by atoms with Gasteiger partial charge in [-0.3, -0.25) is 14.9 Å². The van der Waals surface area contributed by atoms with E-state index in [-0.39, 0.29) is 18.5 Å². The third-order valence-electron chi connectivity index (χ3n) is 2.91. The van der Waals surface area contributed by atoms with E-state index in [1.165, 1.54) is 24.5 Å². The summed E-state index contributed by atoms with van der Waals surface area (Å²) < 4.78 is 23.1. The smallest absolute Gasteiger partial charge is 0.321 e. The Hall–Kier alpha value is -3.16. The van der Waals surface area contributed by atoms with Crippen LogP contribution in [0.1, 0.15) is 11.3 Å². The summed E-state index contributed by atoms with van der Waals surface area (Å²) in [4.78, 5) is 34.5. The van der Waals surface area contributed by atoms with Crippen molar-refractivity contribution in [3.8, 4) is 0 Å². The standard InChI is InChI=1S/C16H15FN2O5/c17-13-6-2-1-4-11(13)8-15(21)24-10-14(20)19-16(22)18-9-12-5-3-7-23-12/h1-7H,8-10H2,(H2,18,19,20,22). The number of hydrogen-bond acceptors (Lipinski definition) is 5. The normalized spacial score (nSPS) is 10.0. The van der Waals surface area contributed by atoms with Crippen molar-refractivity contribution in [1.29, 1.82) is 0 Å². The Morgan fingerprint density at radius 3 is 2.62 bits per heavy atom. The van der Waals surface area contributed by atoms with Gasteiger partial charge in [0.1, 0.15) is 11.6 Å². The van der Waals surface area contributed by atoms with Gasteiger partial charge in [0.2, 0.25) is 0 Å². The maximum Gasteiger partial charge on any atom is 0.321 e. The molecule has 126 valence electrons. The minimum absolute atomic E-state index is 0.110. The van der Waals surface area contributed by atoms with Crippen LogP contribution in [0, 0.1) is 5.82 Å². The number of esters is 1. The van der Waals surface area contributed by atoms with Gasteiger partial charge in [-0.05, 0) is 23.8 Å². The summed E-state index contributed by atoms with van der Waals surface area (Å²) in [5, 5.41) is 4.39. The average Bonchev–Trinajstić information content (AvgIpc) is 3.07. The van der Waals surface area contributed by atoms with Crippen molar-refractivity contribution in [3.05, 3.63) is 59.8 Å². The highest BCUT2D eigenvalue weighted by molar-refractivity contribution is 5.95. The Balaban J connectivity index is 1.67. The van der Waals surface area contributed by atoms with Crippen LogP contribution < -0.4 is 10.6 Å². The summed E-state index contributed by atoms with van der Waals surface area (Å²) in [6, 6.07) is 8.32. The Labute approximate surface area is 136 Å². The van der Waals surface area contributed by atoms with Gasteiger partial charge in [-0.1, -0.05) is 18.2 Å². The van der Waals surface area contributed by atoms with Crippen molar-refractivity contribution in [2.75, 3.05) is 6.61 Å². The molecule has 0 aliphatic carbocycles. The summed E-state index contributed by atoms with van der Waals surface area (Å²) in [7, 11) is 0. The highest BCUT2D eigenvalue weighted by Gasteiger charge is 2.13. The van der Waals surface area contributed by atoms with Crippen LogP contribution in [-0.4, -0.2) is 24.5 Å². The van der Waals surface area contributed by atoms with Crippen molar-refractivity contribution in [2.45, 2.75) is 13.0 Å². The molecule has 0 spiro atoms. The van der Waals surface area contributed by atoms with Crippen molar-refractivity contribution < 1.29 is 27.9 Å². The topological polar surface area (TPSA) is 97.6 Å². The third kappa shape index (κ3) is 5.56. The van der Waals surface area contributed by atoms with Crippen molar-refractivity contribution in [1.82, 2.24) is 10.6 Å². The first kappa shape index (κ1) is 17.2. The number of imide groups is 1. The molecular weight excluding hydrogens is 319 g/mol. The Morgan fingerprint density at radius 2 is 1.92 bits per heavy atom. The number of carbonyl (C=O) groups is 3. The number of carbonyl (C=O) groups excluding carboxylic acids is 3. The van der Waals surface area contributed by atoms with Crippen LogP contribution >= 0.6 is 0 Å². The monoisotopic (exact) mass is 334 g/mol. The van der Waals surface area contributed by atoms with E-state index in [1.54, 1.807) is 18.2 Å². The summed E-state index contributed by atoms with van der Waals surface area (Å²) in [6.07, 6.45) is 1.15. The van der Waals surface area contributed by atoms with E-state index in [9.17, 15) is 18.8 Å². The van der Waals surface area contributed by atoms with E-state index in [2.05, 4.69) is 5.32 Å². The maximum atomic E-state index is 13.4. The molecule has 2 N–H and O–H groups in total. The zero-order valence-electron chi connectivity index (χ0n) is 12.6. The molecule has 0 atom stereocenters. The lowest BCUT2D eigenvalue weighted by molar-refractivity contribution is -0.147. The van der Waals surface area contributed by atoms with E-state index in [0.717, 1.165) is 0 Å². The molecule has 0 saturated carbocycles. The Kier molecular flexibility index (Phi) is 6.07. The van der Waals surface area contributed by atoms with Crippen LogP contribution in [0.25, 0.3) is 0 Å². The summed E-state index contributed by atoms with van der Waals surface area (Å²) in [5.74, 6) is -1.58. The third-order valence-corrected chi connectivity index (χ3v) is 2.91.